The summed E-state index contributed by atoms with van der Waals surface area (Å²) in [4.78, 5) is 25.6. The van der Waals surface area contributed by atoms with E-state index in [0.29, 0.717) is 25.3 Å². The van der Waals surface area contributed by atoms with Crippen LogP contribution in [0.3, 0.4) is 0 Å². The molecule has 1 aromatic heterocycles. The molecular weight excluding hydrogens is 330 g/mol. The summed E-state index contributed by atoms with van der Waals surface area (Å²) in [5.74, 6) is -0.534. The predicted molar refractivity (Wildman–Crippen MR) is 98.9 cm³/mol. The number of aliphatic carboxylic acids is 1. The van der Waals surface area contributed by atoms with E-state index in [1.165, 1.54) is 0 Å². The summed E-state index contributed by atoms with van der Waals surface area (Å²) in [6.45, 7) is 2.87. The molecule has 0 bridgehead atoms. The number of carboxylic acid groups (broad SMARTS) is 1. The fraction of sp³-hybridized carbons (Fsp3) is 0.333. The standard InChI is InChI=1S/C21H21NO4/c1-13-12-22(9-8-16(13)21(24)25)20(23)11-15-10-18-17-5-3-2-4-14(17)6-7-19(18)26-15/h2-7,10,13,16H,8-9,11-12H2,1H3,(H,24,25). The van der Waals surface area contributed by atoms with Crippen LogP contribution in [0.2, 0.25) is 0 Å². The van der Waals surface area contributed by atoms with Gasteiger partial charge < -0.3 is 14.4 Å². The third-order valence-electron chi connectivity index (χ3n) is 5.38. The Morgan fingerprint density at radius 1 is 1.19 bits per heavy atom. The number of rotatable bonds is 3. The first kappa shape index (κ1) is 16.6. The number of hydrogen-bond acceptors (Lipinski definition) is 3. The van der Waals surface area contributed by atoms with Crippen molar-refractivity contribution in [1.82, 2.24) is 4.90 Å². The summed E-state index contributed by atoms with van der Waals surface area (Å²) < 4.78 is 5.88. The minimum absolute atomic E-state index is 0.0101. The van der Waals surface area contributed by atoms with Crippen molar-refractivity contribution in [1.29, 1.82) is 0 Å². The first-order chi connectivity index (χ1) is 12.5. The third kappa shape index (κ3) is 2.94. The van der Waals surface area contributed by atoms with Crippen molar-refractivity contribution in [2.45, 2.75) is 19.8 Å². The molecule has 0 spiro atoms. The minimum Gasteiger partial charge on any atom is -0.481 e. The van der Waals surface area contributed by atoms with Gasteiger partial charge in [0.25, 0.3) is 0 Å². The molecule has 1 fully saturated rings. The van der Waals surface area contributed by atoms with Crippen molar-refractivity contribution < 1.29 is 19.1 Å². The number of hydrogen-bond donors (Lipinski definition) is 1. The van der Waals surface area contributed by atoms with Crippen molar-refractivity contribution in [2.24, 2.45) is 11.8 Å². The van der Waals surface area contributed by atoms with E-state index >= 15 is 0 Å². The molecule has 26 heavy (non-hydrogen) atoms. The van der Waals surface area contributed by atoms with Crippen molar-refractivity contribution >= 4 is 33.6 Å². The lowest BCUT2D eigenvalue weighted by molar-refractivity contribution is -0.148. The summed E-state index contributed by atoms with van der Waals surface area (Å²) in [5.41, 5.74) is 0.782. The van der Waals surface area contributed by atoms with Crippen molar-refractivity contribution in [2.75, 3.05) is 13.1 Å². The maximum Gasteiger partial charge on any atom is 0.306 e. The van der Waals surface area contributed by atoms with Crippen LogP contribution in [-0.2, 0) is 16.0 Å². The lowest BCUT2D eigenvalue weighted by Gasteiger charge is -2.34. The van der Waals surface area contributed by atoms with E-state index in [1.54, 1.807) is 4.90 Å². The van der Waals surface area contributed by atoms with Crippen molar-refractivity contribution in [3.63, 3.8) is 0 Å². The first-order valence-corrected chi connectivity index (χ1v) is 8.93. The number of carbonyl (C=O) groups is 2. The summed E-state index contributed by atoms with van der Waals surface area (Å²) in [6.07, 6.45) is 0.709. The fourth-order valence-electron chi connectivity index (χ4n) is 3.93. The lowest BCUT2D eigenvalue weighted by Crippen LogP contribution is -2.45. The Hall–Kier alpha value is -2.82. The Balaban J connectivity index is 1.53. The molecule has 1 aliphatic rings. The highest BCUT2D eigenvalue weighted by molar-refractivity contribution is 6.06. The number of amides is 1. The van der Waals surface area contributed by atoms with Gasteiger partial charge in [-0.05, 0) is 35.2 Å². The quantitative estimate of drug-likeness (QED) is 0.781. The van der Waals surface area contributed by atoms with Gasteiger partial charge in [-0.15, -0.1) is 0 Å². The number of likely N-dealkylation sites (tertiary alicyclic amines) is 1. The molecule has 5 nitrogen and oxygen atoms in total. The molecule has 4 rings (SSSR count). The van der Waals surface area contributed by atoms with E-state index in [-0.39, 0.29) is 24.2 Å². The number of benzene rings is 2. The molecule has 2 unspecified atom stereocenters. The molecule has 5 heteroatoms. The van der Waals surface area contributed by atoms with Crippen LogP contribution in [0.15, 0.2) is 46.9 Å². The van der Waals surface area contributed by atoms with E-state index in [1.807, 2.05) is 37.3 Å². The molecule has 1 aliphatic heterocycles. The molecule has 1 amide bonds. The number of piperidine rings is 1. The van der Waals surface area contributed by atoms with Gasteiger partial charge in [-0.1, -0.05) is 37.3 Å². The average molecular weight is 351 g/mol. The molecule has 0 radical (unpaired) electrons. The topological polar surface area (TPSA) is 70.8 Å². The Bertz CT molecular complexity index is 990. The Morgan fingerprint density at radius 3 is 2.77 bits per heavy atom. The highest BCUT2D eigenvalue weighted by Gasteiger charge is 2.33. The van der Waals surface area contributed by atoms with Crippen LogP contribution >= 0.6 is 0 Å². The lowest BCUT2D eigenvalue weighted by atomic mass is 9.87. The van der Waals surface area contributed by atoms with Crippen LogP contribution in [0, 0.1) is 11.8 Å². The number of furan rings is 1. The molecular formula is C21H21NO4. The molecule has 1 N–H and O–H groups in total. The zero-order valence-electron chi connectivity index (χ0n) is 14.6. The van der Waals surface area contributed by atoms with Gasteiger partial charge in [0.2, 0.25) is 5.91 Å². The largest absolute Gasteiger partial charge is 0.481 e. The van der Waals surface area contributed by atoms with E-state index < -0.39 is 5.97 Å². The van der Waals surface area contributed by atoms with E-state index in [2.05, 4.69) is 12.1 Å². The molecule has 134 valence electrons. The minimum atomic E-state index is -0.770. The molecule has 2 atom stereocenters. The van der Waals surface area contributed by atoms with Crippen LogP contribution in [0.1, 0.15) is 19.1 Å². The van der Waals surface area contributed by atoms with Gasteiger partial charge in [0.15, 0.2) is 0 Å². The summed E-state index contributed by atoms with van der Waals surface area (Å²) in [7, 11) is 0. The SMILES string of the molecule is CC1CN(C(=O)Cc2cc3c(ccc4ccccc43)o2)CCC1C(=O)O. The first-order valence-electron chi connectivity index (χ1n) is 8.93. The van der Waals surface area contributed by atoms with Gasteiger partial charge >= 0.3 is 5.97 Å². The second kappa shape index (κ2) is 6.48. The second-order valence-electron chi connectivity index (χ2n) is 7.14. The molecule has 3 aromatic rings. The van der Waals surface area contributed by atoms with Gasteiger partial charge in [0.1, 0.15) is 11.3 Å². The van der Waals surface area contributed by atoms with Crippen LogP contribution < -0.4 is 0 Å². The number of nitrogens with zero attached hydrogens (tertiary/aromatic N) is 1. The summed E-state index contributed by atoms with van der Waals surface area (Å²) in [6, 6.07) is 14.0. The Kier molecular flexibility index (Phi) is 4.15. The number of carboxylic acids is 1. The monoisotopic (exact) mass is 351 g/mol. The van der Waals surface area contributed by atoms with Crippen LogP contribution in [0.5, 0.6) is 0 Å². The predicted octanol–water partition coefficient (Wildman–Crippen LogP) is 3.70. The molecule has 2 aromatic carbocycles. The third-order valence-corrected chi connectivity index (χ3v) is 5.38. The van der Waals surface area contributed by atoms with Crippen LogP contribution in [-0.4, -0.2) is 35.0 Å². The van der Waals surface area contributed by atoms with Crippen molar-refractivity contribution in [3.05, 3.63) is 48.2 Å². The smallest absolute Gasteiger partial charge is 0.306 e. The highest BCUT2D eigenvalue weighted by atomic mass is 16.4. The maximum absolute atomic E-state index is 12.6. The highest BCUT2D eigenvalue weighted by Crippen LogP contribution is 2.29. The Labute approximate surface area is 151 Å². The summed E-state index contributed by atoms with van der Waals surface area (Å²) in [5, 5.41) is 12.5. The Morgan fingerprint density at radius 2 is 2.00 bits per heavy atom. The van der Waals surface area contributed by atoms with E-state index in [9.17, 15) is 14.7 Å². The van der Waals surface area contributed by atoms with Gasteiger partial charge in [-0.2, -0.15) is 0 Å². The van der Waals surface area contributed by atoms with Crippen LogP contribution in [0.25, 0.3) is 21.7 Å². The molecule has 1 saturated heterocycles. The molecule has 2 heterocycles. The van der Waals surface area contributed by atoms with Gasteiger partial charge in [-0.25, -0.2) is 0 Å². The normalized spacial score (nSPS) is 20.6. The fourth-order valence-corrected chi connectivity index (χ4v) is 3.93. The molecule has 0 aliphatic carbocycles. The van der Waals surface area contributed by atoms with Gasteiger partial charge in [0.05, 0.1) is 12.3 Å². The zero-order valence-corrected chi connectivity index (χ0v) is 14.6. The summed E-state index contributed by atoms with van der Waals surface area (Å²) >= 11 is 0. The average Bonchev–Trinajstić information content (AvgIpc) is 3.04. The maximum atomic E-state index is 12.6. The van der Waals surface area contributed by atoms with E-state index in [0.717, 1.165) is 21.7 Å². The van der Waals surface area contributed by atoms with Crippen LogP contribution in [0.4, 0.5) is 0 Å². The number of carbonyl (C=O) groups excluding carboxylic acids is 1. The van der Waals surface area contributed by atoms with Crippen molar-refractivity contribution in [3.8, 4) is 0 Å². The molecule has 0 saturated carbocycles. The van der Waals surface area contributed by atoms with Gasteiger partial charge in [-0.3, -0.25) is 9.59 Å². The zero-order chi connectivity index (χ0) is 18.3. The number of fused-ring (bicyclic) bond motifs is 3. The van der Waals surface area contributed by atoms with Gasteiger partial charge in [0, 0.05) is 18.5 Å². The van der Waals surface area contributed by atoms with E-state index in [4.69, 9.17) is 4.42 Å². The second-order valence-corrected chi connectivity index (χ2v) is 7.14.